The quantitative estimate of drug-likeness (QED) is 0.474. The van der Waals surface area contributed by atoms with Crippen molar-refractivity contribution < 1.29 is 49.0 Å². The fraction of sp³-hybridized carbons (Fsp3) is 0.444. The summed E-state index contributed by atoms with van der Waals surface area (Å²) in [5.41, 5.74) is 1.63. The molecule has 0 aliphatic heterocycles. The van der Waals surface area contributed by atoms with Crippen molar-refractivity contribution in [2.24, 2.45) is 17.8 Å². The number of fused-ring (bicyclic) bond motifs is 1. The van der Waals surface area contributed by atoms with Gasteiger partial charge in [0.15, 0.2) is 0 Å². The first-order valence-electron chi connectivity index (χ1n) is 7.20. The molecule has 1 fully saturated rings. The number of rotatable bonds is 1. The SMILES string of the molecule is CC1CC2CC=CC=C2[C-]1C1C=CC=C1.C[C](C)=[Zr+2].[Cl-].[Cl-]. The summed E-state index contributed by atoms with van der Waals surface area (Å²) >= 11 is 1.55. The average Bonchev–Trinajstić information content (AvgIpc) is 2.93. The van der Waals surface area contributed by atoms with Crippen LogP contribution in [0.25, 0.3) is 0 Å². The van der Waals surface area contributed by atoms with Gasteiger partial charge in [0.05, 0.1) is 0 Å². The zero-order chi connectivity index (χ0) is 13.8. The van der Waals surface area contributed by atoms with Crippen molar-refractivity contribution in [3.8, 4) is 0 Å². The van der Waals surface area contributed by atoms with Crippen molar-refractivity contribution in [2.75, 3.05) is 0 Å². The van der Waals surface area contributed by atoms with Gasteiger partial charge in [-0.25, -0.2) is 11.6 Å². The average molecular weight is 402 g/mol. The van der Waals surface area contributed by atoms with Crippen molar-refractivity contribution >= 4 is 3.21 Å². The van der Waals surface area contributed by atoms with Crippen LogP contribution in [-0.4, -0.2) is 3.21 Å². The van der Waals surface area contributed by atoms with E-state index in [1.54, 1.807) is 35.7 Å². The Morgan fingerprint density at radius 2 is 1.71 bits per heavy atom. The molecule has 2 atom stereocenters. The summed E-state index contributed by atoms with van der Waals surface area (Å²) in [5.74, 6) is 3.83. The molecule has 0 aromatic heterocycles. The number of halogens is 2. The van der Waals surface area contributed by atoms with E-state index in [9.17, 15) is 0 Å². The van der Waals surface area contributed by atoms with Crippen molar-refractivity contribution in [1.29, 1.82) is 0 Å². The second-order valence-electron chi connectivity index (χ2n) is 5.87. The molecular formula is C18H23Cl2Zr-. The molecule has 0 amide bonds. The van der Waals surface area contributed by atoms with E-state index in [-0.39, 0.29) is 24.8 Å². The zero-order valence-electron chi connectivity index (χ0n) is 12.9. The Hall–Kier alpha value is 0.163. The second kappa shape index (κ2) is 10.0. The van der Waals surface area contributed by atoms with E-state index in [2.05, 4.69) is 63.3 Å². The summed E-state index contributed by atoms with van der Waals surface area (Å²) in [4.78, 5) is 0. The Morgan fingerprint density at radius 3 is 2.29 bits per heavy atom. The summed E-state index contributed by atoms with van der Waals surface area (Å²) in [7, 11) is 0. The van der Waals surface area contributed by atoms with Gasteiger partial charge in [-0.2, -0.15) is 5.92 Å². The monoisotopic (exact) mass is 399 g/mol. The maximum Gasteiger partial charge on any atom is -1.00 e. The molecule has 0 nitrogen and oxygen atoms in total. The van der Waals surface area contributed by atoms with E-state index >= 15 is 0 Å². The molecule has 3 heteroatoms. The van der Waals surface area contributed by atoms with Gasteiger partial charge in [0.25, 0.3) is 0 Å². The van der Waals surface area contributed by atoms with Crippen molar-refractivity contribution in [2.45, 2.75) is 33.6 Å². The van der Waals surface area contributed by atoms with Gasteiger partial charge < -0.3 is 24.8 Å². The normalized spacial score (nSPS) is 25.4. The Balaban J connectivity index is 0.000000602. The van der Waals surface area contributed by atoms with E-state index in [1.807, 2.05) is 0 Å². The van der Waals surface area contributed by atoms with Gasteiger partial charge in [-0.15, -0.1) is 12.2 Å². The van der Waals surface area contributed by atoms with Gasteiger partial charge in [-0.3, -0.25) is 0 Å². The van der Waals surface area contributed by atoms with Gasteiger partial charge >= 0.3 is 41.3 Å². The van der Waals surface area contributed by atoms with E-state index in [0.717, 1.165) is 11.8 Å². The molecule has 0 heterocycles. The molecule has 3 rings (SSSR count). The molecule has 0 N–H and O–H groups in total. The Bertz CT molecular complexity index is 444. The van der Waals surface area contributed by atoms with E-state index < -0.39 is 0 Å². The summed E-state index contributed by atoms with van der Waals surface area (Å²) in [6.07, 6.45) is 18.5. The molecule has 0 spiro atoms. The van der Waals surface area contributed by atoms with Crippen LogP contribution in [0, 0.1) is 23.7 Å². The topological polar surface area (TPSA) is 0 Å². The molecule has 0 aromatic carbocycles. The van der Waals surface area contributed by atoms with Gasteiger partial charge in [0.1, 0.15) is 0 Å². The predicted molar refractivity (Wildman–Crippen MR) is 80.5 cm³/mol. The van der Waals surface area contributed by atoms with Gasteiger partial charge in [-0.05, 0) is 18.3 Å². The minimum atomic E-state index is 0. The van der Waals surface area contributed by atoms with Crippen molar-refractivity contribution in [3.63, 3.8) is 0 Å². The van der Waals surface area contributed by atoms with Crippen LogP contribution in [0.2, 0.25) is 0 Å². The molecule has 114 valence electrons. The first-order chi connectivity index (χ1) is 9.09. The second-order valence-corrected chi connectivity index (χ2v) is 8.33. The third-order valence-corrected chi connectivity index (χ3v) is 3.88. The van der Waals surface area contributed by atoms with Crippen LogP contribution in [0.5, 0.6) is 0 Å². The minimum absolute atomic E-state index is 0. The maximum absolute atomic E-state index is 2.38. The molecular weight excluding hydrogens is 378 g/mol. The molecule has 21 heavy (non-hydrogen) atoms. The molecule has 0 radical (unpaired) electrons. The molecule has 0 saturated heterocycles. The molecule has 2 unspecified atom stereocenters. The zero-order valence-corrected chi connectivity index (χ0v) is 16.9. The molecule has 3 aliphatic rings. The van der Waals surface area contributed by atoms with Crippen LogP contribution >= 0.6 is 0 Å². The van der Waals surface area contributed by atoms with Crippen LogP contribution in [0.15, 0.2) is 48.1 Å². The van der Waals surface area contributed by atoms with Crippen molar-refractivity contribution in [3.05, 3.63) is 54.0 Å². The first kappa shape index (κ1) is 21.2. The van der Waals surface area contributed by atoms with Crippen LogP contribution in [0.1, 0.15) is 33.6 Å². The standard InChI is InChI=1S/C15H17.C3H6.2ClH.Zr/c1-11-10-13-8-4-5-9-14(13)15(11)12-6-2-3-7-12;1-3-2;;;/h2-7,9,11-13H,8,10H2,1H3;1-2H3;2*1H;/q-1;;;;+2/p-2. The summed E-state index contributed by atoms with van der Waals surface area (Å²) in [5, 5.41) is 0. The number of allylic oxidation sites excluding steroid dienone is 8. The first-order valence-corrected chi connectivity index (χ1v) is 8.43. The van der Waals surface area contributed by atoms with Crippen LogP contribution in [0.3, 0.4) is 0 Å². The minimum Gasteiger partial charge on any atom is -1.00 e. The Morgan fingerprint density at radius 1 is 1.14 bits per heavy atom. The summed E-state index contributed by atoms with van der Waals surface area (Å²) in [6.45, 7) is 6.63. The smallest absolute Gasteiger partial charge is 1.00 e. The maximum atomic E-state index is 2.38. The Labute approximate surface area is 157 Å². The van der Waals surface area contributed by atoms with E-state index in [4.69, 9.17) is 0 Å². The third-order valence-electron chi connectivity index (χ3n) is 3.88. The van der Waals surface area contributed by atoms with Crippen LogP contribution in [-0.2, 0) is 24.2 Å². The van der Waals surface area contributed by atoms with Gasteiger partial charge in [0.2, 0.25) is 0 Å². The van der Waals surface area contributed by atoms with E-state index in [1.165, 1.54) is 16.0 Å². The largest absolute Gasteiger partial charge is 1.00 e. The Kier molecular flexibility index (Phi) is 10.1. The van der Waals surface area contributed by atoms with Crippen LogP contribution in [0.4, 0.5) is 0 Å². The summed E-state index contributed by atoms with van der Waals surface area (Å²) in [6, 6.07) is 0. The van der Waals surface area contributed by atoms with Gasteiger partial charge in [-0.1, -0.05) is 43.6 Å². The predicted octanol–water partition coefficient (Wildman–Crippen LogP) is -1.40. The summed E-state index contributed by atoms with van der Waals surface area (Å²) < 4.78 is 1.51. The van der Waals surface area contributed by atoms with Crippen molar-refractivity contribution in [1.82, 2.24) is 0 Å². The molecule has 0 aromatic rings. The van der Waals surface area contributed by atoms with Crippen LogP contribution < -0.4 is 24.8 Å². The number of hydrogen-bond donors (Lipinski definition) is 0. The fourth-order valence-corrected chi connectivity index (χ4v) is 3.23. The van der Waals surface area contributed by atoms with E-state index in [0.29, 0.717) is 5.92 Å². The van der Waals surface area contributed by atoms with Gasteiger partial charge in [0, 0.05) is 0 Å². The fourth-order valence-electron chi connectivity index (χ4n) is 3.23. The molecule has 3 aliphatic carbocycles. The number of hydrogen-bond acceptors (Lipinski definition) is 0. The third kappa shape index (κ3) is 5.70. The molecule has 1 saturated carbocycles. The molecule has 0 bridgehead atoms.